The van der Waals surface area contributed by atoms with Crippen LogP contribution in [0.1, 0.15) is 16.5 Å². The Hall–Kier alpha value is -3.40. The SMILES string of the molecule is Oc1c([C@@H](c2ccccc2Cl)N2CCN(c3ccc(F)cc3)CC2)sc2nc(-c3ccco3)nn12. The monoisotopic (exact) mass is 509 g/mol. The molecule has 0 radical (unpaired) electrons. The van der Waals surface area contributed by atoms with Gasteiger partial charge in [0.25, 0.3) is 0 Å². The van der Waals surface area contributed by atoms with Crippen molar-refractivity contribution in [3.8, 4) is 17.5 Å². The van der Waals surface area contributed by atoms with Crippen LogP contribution in [0.25, 0.3) is 16.5 Å². The molecule has 6 rings (SSSR count). The number of benzene rings is 2. The molecule has 1 aliphatic rings. The zero-order chi connectivity index (χ0) is 23.9. The van der Waals surface area contributed by atoms with Crippen molar-refractivity contribution < 1.29 is 13.9 Å². The van der Waals surface area contributed by atoms with Crippen LogP contribution in [0.15, 0.2) is 71.3 Å². The maximum atomic E-state index is 13.4. The summed E-state index contributed by atoms with van der Waals surface area (Å²) in [7, 11) is 0. The summed E-state index contributed by atoms with van der Waals surface area (Å²) in [5.74, 6) is 0.765. The second-order valence-electron chi connectivity index (χ2n) is 8.32. The molecule has 178 valence electrons. The summed E-state index contributed by atoms with van der Waals surface area (Å²) >= 11 is 8.03. The largest absolute Gasteiger partial charge is 0.492 e. The van der Waals surface area contributed by atoms with Crippen molar-refractivity contribution in [2.24, 2.45) is 0 Å². The van der Waals surface area contributed by atoms with Gasteiger partial charge in [-0.15, -0.1) is 5.10 Å². The highest BCUT2D eigenvalue weighted by Gasteiger charge is 2.33. The normalized spacial score (nSPS) is 15.7. The number of anilines is 1. The Bertz CT molecular complexity index is 1460. The van der Waals surface area contributed by atoms with Crippen LogP contribution in [0.3, 0.4) is 0 Å². The summed E-state index contributed by atoms with van der Waals surface area (Å²) < 4.78 is 20.2. The zero-order valence-electron chi connectivity index (χ0n) is 18.5. The molecular weight excluding hydrogens is 489 g/mol. The predicted octanol–water partition coefficient (Wildman–Crippen LogP) is 5.46. The van der Waals surface area contributed by atoms with Crippen molar-refractivity contribution in [2.75, 3.05) is 31.1 Å². The van der Waals surface area contributed by atoms with Gasteiger partial charge < -0.3 is 14.4 Å². The van der Waals surface area contributed by atoms with Crippen molar-refractivity contribution in [3.05, 3.63) is 88.2 Å². The smallest absolute Gasteiger partial charge is 0.230 e. The topological polar surface area (TPSA) is 70.0 Å². The molecule has 4 heterocycles. The summed E-state index contributed by atoms with van der Waals surface area (Å²) in [6.07, 6.45) is 1.56. The Labute approximate surface area is 209 Å². The van der Waals surface area contributed by atoms with Gasteiger partial charge in [0.1, 0.15) is 5.82 Å². The second kappa shape index (κ2) is 8.99. The quantitative estimate of drug-likeness (QED) is 0.339. The Balaban J connectivity index is 1.34. The number of hydrogen-bond acceptors (Lipinski definition) is 7. The van der Waals surface area contributed by atoms with E-state index >= 15 is 0 Å². The van der Waals surface area contributed by atoms with Gasteiger partial charge in [-0.25, -0.2) is 4.39 Å². The molecule has 1 atom stereocenters. The average Bonchev–Trinajstić information content (AvgIpc) is 3.61. The number of furan rings is 1. The van der Waals surface area contributed by atoms with Crippen LogP contribution in [0.4, 0.5) is 10.1 Å². The fourth-order valence-electron chi connectivity index (χ4n) is 4.53. The first-order valence-corrected chi connectivity index (χ1v) is 12.4. The van der Waals surface area contributed by atoms with Crippen molar-refractivity contribution in [3.63, 3.8) is 0 Å². The van der Waals surface area contributed by atoms with E-state index in [-0.39, 0.29) is 17.7 Å². The highest BCUT2D eigenvalue weighted by Crippen LogP contribution is 2.42. The number of hydrogen-bond donors (Lipinski definition) is 1. The number of aromatic hydroxyl groups is 1. The first-order chi connectivity index (χ1) is 17.1. The van der Waals surface area contributed by atoms with Crippen LogP contribution in [0.5, 0.6) is 5.88 Å². The third kappa shape index (κ3) is 4.05. The lowest BCUT2D eigenvalue weighted by Gasteiger charge is -2.40. The molecular formula is C25H21ClFN5O2S. The fourth-order valence-corrected chi connectivity index (χ4v) is 5.88. The summed E-state index contributed by atoms with van der Waals surface area (Å²) in [6.45, 7) is 2.99. The van der Waals surface area contributed by atoms with Crippen LogP contribution in [0.2, 0.25) is 5.02 Å². The molecule has 0 aliphatic carbocycles. The Morgan fingerprint density at radius 2 is 1.77 bits per heavy atom. The molecule has 5 aromatic rings. The zero-order valence-corrected chi connectivity index (χ0v) is 20.1. The number of thiazole rings is 1. The highest BCUT2D eigenvalue weighted by atomic mass is 35.5. The molecule has 1 saturated heterocycles. The van der Waals surface area contributed by atoms with Crippen LogP contribution in [-0.4, -0.2) is 50.8 Å². The molecule has 0 unspecified atom stereocenters. The predicted molar refractivity (Wildman–Crippen MR) is 134 cm³/mol. The Morgan fingerprint density at radius 3 is 2.46 bits per heavy atom. The molecule has 2 aromatic carbocycles. The van der Waals surface area contributed by atoms with E-state index < -0.39 is 0 Å². The number of halogens is 2. The second-order valence-corrected chi connectivity index (χ2v) is 9.74. The first kappa shape index (κ1) is 22.1. The van der Waals surface area contributed by atoms with E-state index in [4.69, 9.17) is 16.0 Å². The van der Waals surface area contributed by atoms with Gasteiger partial charge in [-0.05, 0) is 48.0 Å². The van der Waals surface area contributed by atoms with Gasteiger partial charge in [-0.2, -0.15) is 9.50 Å². The molecule has 0 bridgehead atoms. The minimum absolute atomic E-state index is 0.0428. The third-order valence-electron chi connectivity index (χ3n) is 6.26. The molecule has 3 aromatic heterocycles. The minimum Gasteiger partial charge on any atom is -0.492 e. The summed E-state index contributed by atoms with van der Waals surface area (Å²) in [5.41, 5.74) is 1.91. The minimum atomic E-state index is -0.264. The lowest BCUT2D eigenvalue weighted by atomic mass is 10.0. The van der Waals surface area contributed by atoms with Gasteiger partial charge in [0.2, 0.25) is 16.7 Å². The van der Waals surface area contributed by atoms with E-state index in [1.54, 1.807) is 30.5 Å². The van der Waals surface area contributed by atoms with Gasteiger partial charge in [-0.1, -0.05) is 41.1 Å². The maximum absolute atomic E-state index is 13.4. The Morgan fingerprint density at radius 1 is 1.00 bits per heavy atom. The van der Waals surface area contributed by atoms with Gasteiger partial charge in [-0.3, -0.25) is 4.90 Å². The van der Waals surface area contributed by atoms with Crippen molar-refractivity contribution in [1.29, 1.82) is 0 Å². The third-order valence-corrected chi connectivity index (χ3v) is 7.68. The number of aromatic nitrogens is 3. The van der Waals surface area contributed by atoms with Crippen LogP contribution in [0, 0.1) is 5.82 Å². The number of piperazine rings is 1. The molecule has 1 aliphatic heterocycles. The van der Waals surface area contributed by atoms with E-state index in [0.717, 1.165) is 42.3 Å². The summed E-state index contributed by atoms with van der Waals surface area (Å²) in [6, 6.07) is 17.6. The fraction of sp³-hybridized carbons (Fsp3) is 0.200. The Kier molecular flexibility index (Phi) is 5.68. The lowest BCUT2D eigenvalue weighted by molar-refractivity contribution is 0.211. The van der Waals surface area contributed by atoms with Gasteiger partial charge in [0.15, 0.2) is 5.76 Å². The van der Waals surface area contributed by atoms with Crippen molar-refractivity contribution in [2.45, 2.75) is 6.04 Å². The van der Waals surface area contributed by atoms with Gasteiger partial charge >= 0.3 is 0 Å². The van der Waals surface area contributed by atoms with E-state index in [1.807, 2.05) is 24.3 Å². The maximum Gasteiger partial charge on any atom is 0.230 e. The molecule has 35 heavy (non-hydrogen) atoms. The van der Waals surface area contributed by atoms with Crippen molar-refractivity contribution in [1.82, 2.24) is 19.5 Å². The van der Waals surface area contributed by atoms with Gasteiger partial charge in [0, 0.05) is 36.9 Å². The standard InChI is InChI=1S/C25H21ClFN5O2S/c26-19-5-2-1-4-18(19)21(31-13-11-30(12-14-31)17-9-7-16(27)8-10-17)22-24(33)32-25(35-22)28-23(29-32)20-6-3-15-34-20/h1-10,15,21,33H,11-14H2/t21-/m1/s1. The first-order valence-electron chi connectivity index (χ1n) is 11.2. The molecule has 7 nitrogen and oxygen atoms in total. The lowest BCUT2D eigenvalue weighted by Crippen LogP contribution is -2.47. The van der Waals surface area contributed by atoms with Gasteiger partial charge in [0.05, 0.1) is 17.2 Å². The van der Waals surface area contributed by atoms with E-state index in [9.17, 15) is 9.50 Å². The number of nitrogens with zero attached hydrogens (tertiary/aromatic N) is 5. The van der Waals surface area contributed by atoms with Crippen LogP contribution >= 0.6 is 22.9 Å². The molecule has 1 fully saturated rings. The molecule has 0 saturated carbocycles. The average molecular weight is 510 g/mol. The van der Waals surface area contributed by atoms with E-state index in [0.29, 0.717) is 21.6 Å². The number of rotatable bonds is 5. The number of fused-ring (bicyclic) bond motifs is 1. The van der Waals surface area contributed by atoms with E-state index in [2.05, 4.69) is 19.9 Å². The highest BCUT2D eigenvalue weighted by molar-refractivity contribution is 7.17. The molecule has 0 amide bonds. The van der Waals surface area contributed by atoms with E-state index in [1.165, 1.54) is 28.0 Å². The van der Waals surface area contributed by atoms with Crippen molar-refractivity contribution >= 4 is 33.6 Å². The summed E-state index contributed by atoms with van der Waals surface area (Å²) in [5, 5.41) is 16.3. The molecule has 1 N–H and O–H groups in total. The van der Waals surface area contributed by atoms with Crippen LogP contribution < -0.4 is 4.90 Å². The molecule has 10 heteroatoms. The summed E-state index contributed by atoms with van der Waals surface area (Å²) in [4.78, 5) is 10.4. The molecule has 0 spiro atoms. The van der Waals surface area contributed by atoms with Crippen LogP contribution in [-0.2, 0) is 0 Å².